The molecule has 5 nitrogen and oxygen atoms in total. The van der Waals surface area contributed by atoms with Gasteiger partial charge >= 0.3 is 0 Å². The van der Waals surface area contributed by atoms with Crippen LogP contribution in [0.4, 0.5) is 5.13 Å². The van der Waals surface area contributed by atoms with Crippen molar-refractivity contribution in [3.8, 4) is 0 Å². The van der Waals surface area contributed by atoms with Crippen molar-refractivity contribution in [3.63, 3.8) is 0 Å². The summed E-state index contributed by atoms with van der Waals surface area (Å²) in [6.07, 6.45) is 3.58. The van der Waals surface area contributed by atoms with Crippen molar-refractivity contribution in [2.45, 2.75) is 50.3 Å². The molecule has 6 heteroatoms. The molecule has 0 aromatic carbocycles. The zero-order valence-electron chi connectivity index (χ0n) is 10.1. The van der Waals surface area contributed by atoms with E-state index in [4.69, 9.17) is 5.73 Å². The van der Waals surface area contributed by atoms with Crippen molar-refractivity contribution in [1.82, 2.24) is 9.88 Å². The summed E-state index contributed by atoms with van der Waals surface area (Å²) in [6, 6.07) is 0.449. The number of rotatable bonds is 2. The number of nitrogens with two attached hydrogens (primary N) is 1. The largest absolute Gasteiger partial charge is 0.393 e. The van der Waals surface area contributed by atoms with Gasteiger partial charge in [0.25, 0.3) is 0 Å². The van der Waals surface area contributed by atoms with Gasteiger partial charge in [0, 0.05) is 17.5 Å². The fourth-order valence-electron chi connectivity index (χ4n) is 3.21. The maximum absolute atomic E-state index is 12.3. The summed E-state index contributed by atoms with van der Waals surface area (Å²) < 4.78 is 0. The van der Waals surface area contributed by atoms with Crippen molar-refractivity contribution < 1.29 is 9.90 Å². The number of fused-ring (bicyclic) bond motifs is 2. The molecule has 2 aliphatic rings. The minimum absolute atomic E-state index is 0.125. The quantitative estimate of drug-likeness (QED) is 0.830. The number of nitrogen functional groups attached to an aromatic ring is 1. The van der Waals surface area contributed by atoms with Crippen LogP contribution in [0.1, 0.15) is 31.4 Å². The van der Waals surface area contributed by atoms with Crippen LogP contribution in [0.2, 0.25) is 0 Å². The molecule has 2 unspecified atom stereocenters. The van der Waals surface area contributed by atoms with Gasteiger partial charge in [-0.15, -0.1) is 11.3 Å². The van der Waals surface area contributed by atoms with Crippen molar-refractivity contribution >= 4 is 22.4 Å². The van der Waals surface area contributed by atoms with Crippen LogP contribution in [0, 0.1) is 0 Å². The maximum Gasteiger partial charge on any atom is 0.229 e. The normalized spacial score (nSPS) is 30.7. The molecule has 2 aliphatic heterocycles. The van der Waals surface area contributed by atoms with E-state index in [0.717, 1.165) is 31.4 Å². The third-order valence-electron chi connectivity index (χ3n) is 3.90. The molecule has 3 N–H and O–H groups in total. The van der Waals surface area contributed by atoms with Gasteiger partial charge in [-0.2, -0.15) is 0 Å². The average molecular weight is 267 g/mol. The molecule has 3 heterocycles. The minimum atomic E-state index is -0.235. The van der Waals surface area contributed by atoms with Gasteiger partial charge in [0.1, 0.15) is 0 Å². The number of anilines is 1. The van der Waals surface area contributed by atoms with Gasteiger partial charge in [-0.3, -0.25) is 4.79 Å². The summed E-state index contributed by atoms with van der Waals surface area (Å²) >= 11 is 1.37. The molecular weight excluding hydrogens is 250 g/mol. The smallest absolute Gasteiger partial charge is 0.229 e. The van der Waals surface area contributed by atoms with Gasteiger partial charge in [-0.05, 0) is 25.7 Å². The van der Waals surface area contributed by atoms with Crippen molar-refractivity contribution in [3.05, 3.63) is 11.1 Å². The summed E-state index contributed by atoms with van der Waals surface area (Å²) in [5.74, 6) is 0.125. The summed E-state index contributed by atoms with van der Waals surface area (Å²) in [5, 5.41) is 12.1. The van der Waals surface area contributed by atoms with Crippen molar-refractivity contribution in [2.24, 2.45) is 0 Å². The van der Waals surface area contributed by atoms with Gasteiger partial charge in [0.15, 0.2) is 5.13 Å². The van der Waals surface area contributed by atoms with Crippen LogP contribution in [0.5, 0.6) is 0 Å². The summed E-state index contributed by atoms with van der Waals surface area (Å²) in [6.45, 7) is 0. The highest BCUT2D eigenvalue weighted by Gasteiger charge is 2.42. The monoisotopic (exact) mass is 267 g/mol. The van der Waals surface area contributed by atoms with Gasteiger partial charge in [0.2, 0.25) is 5.91 Å². The number of thiazole rings is 1. The number of piperidine rings is 1. The third-order valence-corrected chi connectivity index (χ3v) is 4.62. The Bertz CT molecular complexity index is 448. The molecule has 2 fully saturated rings. The minimum Gasteiger partial charge on any atom is -0.393 e. The lowest BCUT2D eigenvalue weighted by molar-refractivity contribution is -0.136. The SMILES string of the molecule is Nc1nc(CC(=O)N2C3CCC2CC(O)C3)cs1. The molecule has 2 atom stereocenters. The van der Waals surface area contributed by atoms with Crippen LogP contribution in [0.25, 0.3) is 0 Å². The number of carbonyl (C=O) groups excluding carboxylic acids is 1. The highest BCUT2D eigenvalue weighted by Crippen LogP contribution is 2.36. The van der Waals surface area contributed by atoms with Gasteiger partial charge in [-0.1, -0.05) is 0 Å². The molecule has 0 aliphatic carbocycles. The van der Waals surface area contributed by atoms with Gasteiger partial charge in [0.05, 0.1) is 18.2 Å². The predicted molar refractivity (Wildman–Crippen MR) is 69.1 cm³/mol. The Hall–Kier alpha value is -1.14. The first-order chi connectivity index (χ1) is 8.63. The first-order valence-electron chi connectivity index (χ1n) is 6.32. The molecule has 1 aromatic heterocycles. The van der Waals surface area contributed by atoms with Crippen LogP contribution >= 0.6 is 11.3 Å². The lowest BCUT2D eigenvalue weighted by Gasteiger charge is -2.37. The molecule has 1 aromatic rings. The zero-order chi connectivity index (χ0) is 12.7. The highest BCUT2D eigenvalue weighted by molar-refractivity contribution is 7.13. The van der Waals surface area contributed by atoms with Gasteiger partial charge in [-0.25, -0.2) is 4.98 Å². The Kier molecular flexibility index (Phi) is 2.99. The van der Waals surface area contributed by atoms with Crippen molar-refractivity contribution in [1.29, 1.82) is 0 Å². The van der Waals surface area contributed by atoms with E-state index in [1.807, 2.05) is 10.3 Å². The van der Waals surface area contributed by atoms with Crippen LogP contribution < -0.4 is 5.73 Å². The standard InChI is InChI=1S/C12H17N3O2S/c13-12-14-7(6-18-12)3-11(17)15-8-1-2-9(15)5-10(16)4-8/h6,8-10,16H,1-5H2,(H2,13,14). The molecule has 0 saturated carbocycles. The number of hydrogen-bond acceptors (Lipinski definition) is 5. The van der Waals surface area contributed by atoms with E-state index >= 15 is 0 Å². The Labute approximate surface area is 110 Å². The van der Waals surface area contributed by atoms with Crippen LogP contribution in [0.3, 0.4) is 0 Å². The second-order valence-electron chi connectivity index (χ2n) is 5.17. The summed E-state index contributed by atoms with van der Waals surface area (Å²) in [4.78, 5) is 18.4. The number of nitrogens with zero attached hydrogens (tertiary/aromatic N) is 2. The Balaban J connectivity index is 1.70. The molecule has 1 amide bonds. The van der Waals surface area contributed by atoms with Crippen LogP contribution in [-0.4, -0.2) is 39.1 Å². The van der Waals surface area contributed by atoms with Crippen LogP contribution in [0.15, 0.2) is 5.38 Å². The summed E-state index contributed by atoms with van der Waals surface area (Å²) in [5.41, 5.74) is 6.32. The molecule has 2 bridgehead atoms. The van der Waals surface area contributed by atoms with Crippen molar-refractivity contribution in [2.75, 3.05) is 5.73 Å². The molecular formula is C12H17N3O2S. The third kappa shape index (κ3) is 2.10. The maximum atomic E-state index is 12.3. The first-order valence-corrected chi connectivity index (χ1v) is 7.20. The second kappa shape index (κ2) is 4.51. The fraction of sp³-hybridized carbons (Fsp3) is 0.667. The number of aromatic nitrogens is 1. The van der Waals surface area contributed by atoms with E-state index in [0.29, 0.717) is 11.6 Å². The first kappa shape index (κ1) is 11.9. The molecule has 3 rings (SSSR count). The Morgan fingerprint density at radius 3 is 2.72 bits per heavy atom. The number of carbonyl (C=O) groups is 1. The molecule has 98 valence electrons. The number of amides is 1. The molecule has 18 heavy (non-hydrogen) atoms. The van der Waals surface area contributed by atoms with Crippen LogP contribution in [-0.2, 0) is 11.2 Å². The van der Waals surface area contributed by atoms with E-state index in [-0.39, 0.29) is 24.1 Å². The van der Waals surface area contributed by atoms with E-state index < -0.39 is 0 Å². The highest BCUT2D eigenvalue weighted by atomic mass is 32.1. The number of aliphatic hydroxyl groups is 1. The molecule has 0 spiro atoms. The predicted octanol–water partition coefficient (Wildman–Crippen LogP) is 0.782. The Morgan fingerprint density at radius 1 is 1.50 bits per heavy atom. The number of hydrogen-bond donors (Lipinski definition) is 2. The summed E-state index contributed by atoms with van der Waals surface area (Å²) in [7, 11) is 0. The second-order valence-corrected chi connectivity index (χ2v) is 6.05. The van der Waals surface area contributed by atoms with Gasteiger partial charge < -0.3 is 15.7 Å². The van der Waals surface area contributed by atoms with E-state index in [1.54, 1.807) is 0 Å². The molecule has 0 radical (unpaired) electrons. The number of aliphatic hydroxyl groups excluding tert-OH is 1. The lowest BCUT2D eigenvalue weighted by atomic mass is 9.99. The fourth-order valence-corrected chi connectivity index (χ4v) is 3.77. The lowest BCUT2D eigenvalue weighted by Crippen LogP contribution is -2.48. The van der Waals surface area contributed by atoms with E-state index in [1.165, 1.54) is 11.3 Å². The van der Waals surface area contributed by atoms with E-state index in [9.17, 15) is 9.90 Å². The Morgan fingerprint density at radius 2 is 2.17 bits per heavy atom. The zero-order valence-corrected chi connectivity index (χ0v) is 10.9. The average Bonchev–Trinajstić information content (AvgIpc) is 2.81. The van der Waals surface area contributed by atoms with E-state index in [2.05, 4.69) is 4.98 Å². The molecule has 2 saturated heterocycles. The topological polar surface area (TPSA) is 79.5 Å².